The van der Waals surface area contributed by atoms with Gasteiger partial charge in [-0.1, -0.05) is 17.3 Å². The molecule has 0 saturated carbocycles. The Morgan fingerprint density at radius 1 is 1.27 bits per heavy atom. The highest BCUT2D eigenvalue weighted by Gasteiger charge is 2.19. The maximum Gasteiger partial charge on any atom is 0.338 e. The van der Waals surface area contributed by atoms with Crippen LogP contribution in [-0.4, -0.2) is 34.7 Å². The van der Waals surface area contributed by atoms with Gasteiger partial charge >= 0.3 is 11.7 Å². The highest BCUT2D eigenvalue weighted by atomic mass is 19.1. The van der Waals surface area contributed by atoms with Gasteiger partial charge in [0, 0.05) is 18.1 Å². The van der Waals surface area contributed by atoms with E-state index in [0.29, 0.717) is 29.9 Å². The van der Waals surface area contributed by atoms with Gasteiger partial charge in [0.05, 0.1) is 24.2 Å². The average Bonchev–Trinajstić information content (AvgIpc) is 3.21. The molecule has 0 fully saturated rings. The van der Waals surface area contributed by atoms with Crippen molar-refractivity contribution >= 4 is 11.7 Å². The maximum absolute atomic E-state index is 13.7. The number of halogens is 1. The van der Waals surface area contributed by atoms with E-state index in [9.17, 15) is 19.3 Å². The van der Waals surface area contributed by atoms with E-state index in [1.165, 1.54) is 25.3 Å². The Balaban J connectivity index is 1.59. The summed E-state index contributed by atoms with van der Waals surface area (Å²) in [6, 6.07) is 8.51. The van der Waals surface area contributed by atoms with Crippen LogP contribution >= 0.6 is 0 Å². The van der Waals surface area contributed by atoms with Gasteiger partial charge in [-0.05, 0) is 37.1 Å². The molecule has 1 aromatic heterocycles. The molecule has 0 aliphatic rings. The minimum Gasteiger partial charge on any atom is -0.487 e. The largest absolute Gasteiger partial charge is 0.487 e. The second kappa shape index (κ2) is 9.12. The van der Waals surface area contributed by atoms with Crippen LogP contribution in [0.4, 0.5) is 10.1 Å². The van der Waals surface area contributed by atoms with Gasteiger partial charge < -0.3 is 14.0 Å². The van der Waals surface area contributed by atoms with Gasteiger partial charge in [-0.3, -0.25) is 10.1 Å². The fourth-order valence-corrected chi connectivity index (χ4v) is 2.64. The lowest BCUT2D eigenvalue weighted by Gasteiger charge is -2.07. The average molecular weight is 415 g/mol. The van der Waals surface area contributed by atoms with Crippen LogP contribution in [0.25, 0.3) is 11.4 Å². The number of carbonyl (C=O) groups is 1. The van der Waals surface area contributed by atoms with Gasteiger partial charge in [0.1, 0.15) is 5.82 Å². The number of hydrogen-bond donors (Lipinski definition) is 0. The lowest BCUT2D eigenvalue weighted by molar-refractivity contribution is -0.385. The highest BCUT2D eigenvalue weighted by Crippen LogP contribution is 2.28. The van der Waals surface area contributed by atoms with Crippen LogP contribution in [0.3, 0.4) is 0 Å². The summed E-state index contributed by atoms with van der Waals surface area (Å²) in [5, 5.41) is 15.1. The van der Waals surface area contributed by atoms with Gasteiger partial charge in [0.25, 0.3) is 0 Å². The Hall–Kier alpha value is -3.82. The number of nitrogens with zero attached hydrogens (tertiary/aromatic N) is 3. The molecule has 0 N–H and O–H groups in total. The molecule has 0 amide bonds. The molecule has 0 radical (unpaired) electrons. The minimum absolute atomic E-state index is 0.0361. The summed E-state index contributed by atoms with van der Waals surface area (Å²) < 4.78 is 28.9. The summed E-state index contributed by atoms with van der Waals surface area (Å²) in [4.78, 5) is 26.4. The number of benzene rings is 2. The molecule has 156 valence electrons. The molecule has 0 bridgehead atoms. The molecule has 0 saturated heterocycles. The SMILES string of the molecule is COC(=O)c1ccc(OCCCc2nc(-c3ccc(C)c(F)c3)no2)c([N+](=O)[O-])c1. The summed E-state index contributed by atoms with van der Waals surface area (Å²) >= 11 is 0. The van der Waals surface area contributed by atoms with Gasteiger partial charge in [-0.2, -0.15) is 4.98 Å². The summed E-state index contributed by atoms with van der Waals surface area (Å²) in [5.74, 6) is -0.379. The molecule has 3 aromatic rings. The molecule has 0 unspecified atom stereocenters. The predicted molar refractivity (Wildman–Crippen MR) is 103 cm³/mol. The maximum atomic E-state index is 13.7. The molecule has 2 aromatic carbocycles. The number of carbonyl (C=O) groups excluding carboxylic acids is 1. The van der Waals surface area contributed by atoms with Crippen molar-refractivity contribution in [2.24, 2.45) is 0 Å². The highest BCUT2D eigenvalue weighted by molar-refractivity contribution is 5.90. The van der Waals surface area contributed by atoms with E-state index >= 15 is 0 Å². The van der Waals surface area contributed by atoms with Gasteiger partial charge in [-0.25, -0.2) is 9.18 Å². The second-order valence-corrected chi connectivity index (χ2v) is 6.36. The third kappa shape index (κ3) is 4.77. The van der Waals surface area contributed by atoms with E-state index in [4.69, 9.17) is 9.26 Å². The molecule has 0 aliphatic carbocycles. The first-order chi connectivity index (χ1) is 14.4. The van der Waals surface area contributed by atoms with Crippen molar-refractivity contribution in [1.29, 1.82) is 0 Å². The third-order valence-corrected chi connectivity index (χ3v) is 4.27. The third-order valence-electron chi connectivity index (χ3n) is 4.27. The molecule has 3 rings (SSSR count). The molecule has 0 spiro atoms. The van der Waals surface area contributed by atoms with E-state index in [1.54, 1.807) is 19.1 Å². The van der Waals surface area contributed by atoms with Crippen LogP contribution in [0.1, 0.15) is 28.2 Å². The number of hydrogen-bond acceptors (Lipinski definition) is 8. The Morgan fingerprint density at radius 2 is 2.07 bits per heavy atom. The quantitative estimate of drug-likeness (QED) is 0.235. The summed E-state index contributed by atoms with van der Waals surface area (Å²) in [5.41, 5.74) is 0.751. The van der Waals surface area contributed by atoms with Crippen molar-refractivity contribution in [3.05, 3.63) is 69.3 Å². The molecule has 10 heteroatoms. The van der Waals surface area contributed by atoms with Crippen molar-refractivity contribution in [2.75, 3.05) is 13.7 Å². The van der Waals surface area contributed by atoms with Crippen LogP contribution in [0.5, 0.6) is 5.75 Å². The Labute approximate surface area is 170 Å². The van der Waals surface area contributed by atoms with Crippen molar-refractivity contribution in [2.45, 2.75) is 19.8 Å². The number of ether oxygens (including phenoxy) is 2. The van der Waals surface area contributed by atoms with E-state index in [1.807, 2.05) is 0 Å². The fraction of sp³-hybridized carbons (Fsp3) is 0.250. The number of esters is 1. The van der Waals surface area contributed by atoms with E-state index in [-0.39, 0.29) is 35.2 Å². The standard InChI is InChI=1S/C20H18FN3O6/c1-12-5-6-13(10-15(12)21)19-22-18(30-23-19)4-3-9-29-17-8-7-14(20(25)28-2)11-16(17)24(26)27/h5-8,10-11H,3-4,9H2,1-2H3. The molecular weight excluding hydrogens is 397 g/mol. The summed E-state index contributed by atoms with van der Waals surface area (Å²) in [7, 11) is 1.19. The fourth-order valence-electron chi connectivity index (χ4n) is 2.64. The molecular formula is C20H18FN3O6. The summed E-state index contributed by atoms with van der Waals surface area (Å²) in [6.45, 7) is 1.81. The van der Waals surface area contributed by atoms with Crippen LogP contribution in [0.15, 0.2) is 40.9 Å². The minimum atomic E-state index is -0.676. The smallest absolute Gasteiger partial charge is 0.338 e. The van der Waals surface area contributed by atoms with Crippen LogP contribution in [-0.2, 0) is 11.2 Å². The Morgan fingerprint density at radius 3 is 2.77 bits per heavy atom. The lowest BCUT2D eigenvalue weighted by atomic mass is 10.1. The zero-order valence-corrected chi connectivity index (χ0v) is 16.3. The topological polar surface area (TPSA) is 118 Å². The van der Waals surface area contributed by atoms with Gasteiger partial charge in [-0.15, -0.1) is 0 Å². The monoisotopic (exact) mass is 415 g/mol. The normalized spacial score (nSPS) is 10.6. The number of methoxy groups -OCH3 is 1. The van der Waals surface area contributed by atoms with Gasteiger partial charge in [0.15, 0.2) is 5.75 Å². The Bertz CT molecular complexity index is 1080. The number of rotatable bonds is 8. The number of nitro benzene ring substituents is 1. The lowest BCUT2D eigenvalue weighted by Crippen LogP contribution is -2.05. The summed E-state index contributed by atoms with van der Waals surface area (Å²) in [6.07, 6.45) is 0.815. The number of aromatic nitrogens is 2. The molecule has 1 heterocycles. The van der Waals surface area contributed by atoms with Crippen LogP contribution in [0.2, 0.25) is 0 Å². The van der Waals surface area contributed by atoms with Crippen molar-refractivity contribution in [1.82, 2.24) is 10.1 Å². The zero-order valence-electron chi connectivity index (χ0n) is 16.3. The van der Waals surface area contributed by atoms with E-state index < -0.39 is 10.9 Å². The number of aryl methyl sites for hydroxylation is 2. The van der Waals surface area contributed by atoms with Crippen LogP contribution in [0, 0.1) is 22.9 Å². The first-order valence-electron chi connectivity index (χ1n) is 8.97. The van der Waals surface area contributed by atoms with Crippen molar-refractivity contribution < 1.29 is 28.1 Å². The number of nitro groups is 1. The first kappa shape index (κ1) is 20.9. The molecule has 9 nitrogen and oxygen atoms in total. The van der Waals surface area contributed by atoms with E-state index in [2.05, 4.69) is 14.9 Å². The van der Waals surface area contributed by atoms with Crippen molar-refractivity contribution in [3.8, 4) is 17.1 Å². The molecule has 30 heavy (non-hydrogen) atoms. The van der Waals surface area contributed by atoms with E-state index in [0.717, 1.165) is 6.07 Å². The molecule has 0 atom stereocenters. The zero-order chi connectivity index (χ0) is 21.7. The Kier molecular flexibility index (Phi) is 6.35. The predicted octanol–water partition coefficient (Wildman–Crippen LogP) is 3.89. The molecule has 0 aliphatic heterocycles. The van der Waals surface area contributed by atoms with Crippen molar-refractivity contribution in [3.63, 3.8) is 0 Å². The van der Waals surface area contributed by atoms with Gasteiger partial charge in [0.2, 0.25) is 11.7 Å². The first-order valence-corrected chi connectivity index (χ1v) is 8.97. The van der Waals surface area contributed by atoms with Crippen LogP contribution < -0.4 is 4.74 Å². The second-order valence-electron chi connectivity index (χ2n) is 6.36.